The van der Waals surface area contributed by atoms with Crippen molar-refractivity contribution in [2.75, 3.05) is 7.11 Å². The molecule has 2 aromatic rings. The molecule has 15 heavy (non-hydrogen) atoms. The number of methoxy groups -OCH3 is 1. The molecule has 1 heterocycles. The number of hydrogen-bond acceptors (Lipinski definition) is 3. The van der Waals surface area contributed by atoms with Gasteiger partial charge in [-0.15, -0.1) is 0 Å². The highest BCUT2D eigenvalue weighted by Crippen LogP contribution is 2.19. The maximum atomic E-state index is 10.7. The molecule has 1 aromatic carbocycles. The van der Waals surface area contributed by atoms with Crippen LogP contribution in [0.5, 0.6) is 5.75 Å². The van der Waals surface area contributed by atoms with Crippen LogP contribution >= 0.6 is 0 Å². The number of carbonyl (C=O) groups is 1. The summed E-state index contributed by atoms with van der Waals surface area (Å²) in [5.74, 6) is -0.265. The number of pyridine rings is 1. The Hall–Kier alpha value is -2.10. The molecule has 0 saturated carbocycles. The number of hydrogen-bond donors (Lipinski definition) is 1. The number of rotatable bonds is 2. The van der Waals surface area contributed by atoms with Crippen LogP contribution in [0, 0.1) is 0 Å². The van der Waals surface area contributed by atoms with E-state index >= 15 is 0 Å². The zero-order chi connectivity index (χ0) is 10.8. The van der Waals surface area contributed by atoms with Gasteiger partial charge in [-0.3, -0.25) is 4.98 Å². The Morgan fingerprint density at radius 1 is 1.40 bits per heavy atom. The topological polar surface area (TPSA) is 59.4 Å². The number of ether oxygens (including phenoxy) is 1. The lowest BCUT2D eigenvalue weighted by molar-refractivity contribution is 0.0696. The average Bonchev–Trinajstić information content (AvgIpc) is 2.27. The van der Waals surface area contributed by atoms with Gasteiger partial charge in [-0.25, -0.2) is 4.79 Å². The van der Waals surface area contributed by atoms with E-state index in [-0.39, 0.29) is 5.56 Å². The summed E-state index contributed by atoms with van der Waals surface area (Å²) in [6.45, 7) is 0. The van der Waals surface area contributed by atoms with E-state index < -0.39 is 5.97 Å². The molecule has 0 aliphatic rings. The SMILES string of the molecule is COc1ccc2cc(C(=O)O)cnc2c1. The second kappa shape index (κ2) is 3.57. The summed E-state index contributed by atoms with van der Waals surface area (Å²) >= 11 is 0. The highest BCUT2D eigenvalue weighted by molar-refractivity contribution is 5.92. The molecule has 0 saturated heterocycles. The Morgan fingerprint density at radius 3 is 2.87 bits per heavy atom. The summed E-state index contributed by atoms with van der Waals surface area (Å²) in [5.41, 5.74) is 0.909. The molecule has 2 rings (SSSR count). The average molecular weight is 203 g/mol. The monoisotopic (exact) mass is 203 g/mol. The fraction of sp³-hybridized carbons (Fsp3) is 0.0909. The van der Waals surface area contributed by atoms with E-state index in [1.165, 1.54) is 6.20 Å². The third-order valence-corrected chi connectivity index (χ3v) is 2.14. The number of nitrogens with zero attached hydrogens (tertiary/aromatic N) is 1. The van der Waals surface area contributed by atoms with Gasteiger partial charge in [0.15, 0.2) is 0 Å². The van der Waals surface area contributed by atoms with Gasteiger partial charge in [0, 0.05) is 17.6 Å². The molecule has 0 aliphatic heterocycles. The smallest absolute Gasteiger partial charge is 0.337 e. The van der Waals surface area contributed by atoms with Crippen LogP contribution in [0.2, 0.25) is 0 Å². The molecule has 0 unspecified atom stereocenters. The van der Waals surface area contributed by atoms with Crippen LogP contribution in [0.15, 0.2) is 30.5 Å². The predicted octanol–water partition coefficient (Wildman–Crippen LogP) is 1.94. The number of carboxylic acid groups (broad SMARTS) is 1. The van der Waals surface area contributed by atoms with Crippen LogP contribution in [0.3, 0.4) is 0 Å². The fourth-order valence-corrected chi connectivity index (χ4v) is 1.35. The molecule has 1 aromatic heterocycles. The maximum Gasteiger partial charge on any atom is 0.337 e. The first-order valence-corrected chi connectivity index (χ1v) is 4.38. The lowest BCUT2D eigenvalue weighted by Gasteiger charge is -2.02. The van der Waals surface area contributed by atoms with E-state index in [1.807, 2.05) is 0 Å². The van der Waals surface area contributed by atoms with Crippen LogP contribution in [0.25, 0.3) is 10.9 Å². The van der Waals surface area contributed by atoms with Gasteiger partial charge in [0.2, 0.25) is 0 Å². The van der Waals surface area contributed by atoms with E-state index in [4.69, 9.17) is 9.84 Å². The Morgan fingerprint density at radius 2 is 2.20 bits per heavy atom. The molecule has 0 aliphatic carbocycles. The third kappa shape index (κ3) is 1.74. The minimum atomic E-state index is -0.972. The van der Waals surface area contributed by atoms with Crippen molar-refractivity contribution in [2.45, 2.75) is 0 Å². The summed E-state index contributed by atoms with van der Waals surface area (Å²) in [6, 6.07) is 6.91. The van der Waals surface area contributed by atoms with Gasteiger partial charge in [-0.05, 0) is 18.2 Å². The van der Waals surface area contributed by atoms with Crippen LogP contribution in [0.4, 0.5) is 0 Å². The number of benzene rings is 1. The highest BCUT2D eigenvalue weighted by Gasteiger charge is 2.04. The van der Waals surface area contributed by atoms with Gasteiger partial charge < -0.3 is 9.84 Å². The van der Waals surface area contributed by atoms with Crippen molar-refractivity contribution < 1.29 is 14.6 Å². The number of fused-ring (bicyclic) bond motifs is 1. The van der Waals surface area contributed by atoms with Gasteiger partial charge in [0.25, 0.3) is 0 Å². The van der Waals surface area contributed by atoms with Crippen molar-refractivity contribution in [3.05, 3.63) is 36.0 Å². The van der Waals surface area contributed by atoms with E-state index in [0.29, 0.717) is 5.75 Å². The van der Waals surface area contributed by atoms with Gasteiger partial charge in [0.05, 0.1) is 18.2 Å². The van der Waals surface area contributed by atoms with Gasteiger partial charge in [-0.2, -0.15) is 0 Å². The predicted molar refractivity (Wildman–Crippen MR) is 55.3 cm³/mol. The number of carboxylic acids is 1. The third-order valence-electron chi connectivity index (χ3n) is 2.14. The zero-order valence-corrected chi connectivity index (χ0v) is 8.10. The normalized spacial score (nSPS) is 10.2. The maximum absolute atomic E-state index is 10.7. The quantitative estimate of drug-likeness (QED) is 0.810. The van der Waals surface area contributed by atoms with Crippen molar-refractivity contribution >= 4 is 16.9 Å². The summed E-state index contributed by atoms with van der Waals surface area (Å²) in [6.07, 6.45) is 1.34. The van der Waals surface area contributed by atoms with Crippen molar-refractivity contribution in [3.8, 4) is 5.75 Å². The van der Waals surface area contributed by atoms with Gasteiger partial charge >= 0.3 is 5.97 Å². The molecule has 4 nitrogen and oxygen atoms in total. The van der Waals surface area contributed by atoms with Crippen LogP contribution in [0.1, 0.15) is 10.4 Å². The first-order chi connectivity index (χ1) is 7.20. The molecule has 0 fully saturated rings. The highest BCUT2D eigenvalue weighted by atomic mass is 16.5. The van der Waals surface area contributed by atoms with E-state index in [1.54, 1.807) is 31.4 Å². The molecular weight excluding hydrogens is 194 g/mol. The minimum absolute atomic E-state index is 0.188. The fourth-order valence-electron chi connectivity index (χ4n) is 1.35. The van der Waals surface area contributed by atoms with Crippen LogP contribution < -0.4 is 4.74 Å². The van der Waals surface area contributed by atoms with Gasteiger partial charge in [0.1, 0.15) is 5.75 Å². The first-order valence-electron chi connectivity index (χ1n) is 4.38. The summed E-state index contributed by atoms with van der Waals surface area (Å²) < 4.78 is 5.04. The Labute approximate surface area is 86.1 Å². The van der Waals surface area contributed by atoms with Gasteiger partial charge in [-0.1, -0.05) is 0 Å². The van der Waals surface area contributed by atoms with E-state index in [2.05, 4.69) is 4.98 Å². The Kier molecular flexibility index (Phi) is 2.25. The van der Waals surface area contributed by atoms with Crippen molar-refractivity contribution in [1.82, 2.24) is 4.98 Å². The van der Waals surface area contributed by atoms with E-state index in [0.717, 1.165) is 10.9 Å². The Balaban J connectivity index is 2.59. The lowest BCUT2D eigenvalue weighted by atomic mass is 10.1. The van der Waals surface area contributed by atoms with Crippen molar-refractivity contribution in [3.63, 3.8) is 0 Å². The van der Waals surface area contributed by atoms with Crippen LogP contribution in [-0.4, -0.2) is 23.2 Å². The molecule has 1 N–H and O–H groups in total. The molecule has 0 bridgehead atoms. The number of aromatic carboxylic acids is 1. The molecule has 0 atom stereocenters. The van der Waals surface area contributed by atoms with Crippen molar-refractivity contribution in [1.29, 1.82) is 0 Å². The summed E-state index contributed by atoms with van der Waals surface area (Å²) in [7, 11) is 1.58. The molecule has 0 spiro atoms. The zero-order valence-electron chi connectivity index (χ0n) is 8.10. The lowest BCUT2D eigenvalue weighted by Crippen LogP contribution is -1.97. The minimum Gasteiger partial charge on any atom is -0.497 e. The molecule has 0 amide bonds. The number of aromatic nitrogens is 1. The van der Waals surface area contributed by atoms with Crippen molar-refractivity contribution in [2.24, 2.45) is 0 Å². The summed E-state index contributed by atoms with van der Waals surface area (Å²) in [4.78, 5) is 14.8. The summed E-state index contributed by atoms with van der Waals surface area (Å²) in [5, 5.41) is 9.57. The molecule has 76 valence electrons. The molecular formula is C11H9NO3. The second-order valence-electron chi connectivity index (χ2n) is 3.09. The Bertz CT molecular complexity index is 522. The molecule has 0 radical (unpaired) electrons. The first kappa shape index (κ1) is 9.45. The molecule has 4 heteroatoms. The second-order valence-corrected chi connectivity index (χ2v) is 3.09. The van der Waals surface area contributed by atoms with E-state index in [9.17, 15) is 4.79 Å². The van der Waals surface area contributed by atoms with Crippen LogP contribution in [-0.2, 0) is 0 Å². The largest absolute Gasteiger partial charge is 0.497 e. The standard InChI is InChI=1S/C11H9NO3/c1-15-9-3-2-7-4-8(11(13)14)6-12-10(7)5-9/h2-6H,1H3,(H,13,14).